The zero-order valence-electron chi connectivity index (χ0n) is 8.97. The van der Waals surface area contributed by atoms with Crippen LogP contribution >= 0.6 is 11.8 Å². The fourth-order valence-electron chi connectivity index (χ4n) is 2.12. The van der Waals surface area contributed by atoms with Gasteiger partial charge in [0.15, 0.2) is 11.5 Å². The number of nitrogens with zero attached hydrogens (tertiary/aromatic N) is 3. The first-order valence-electron chi connectivity index (χ1n) is 5.57. The van der Waals surface area contributed by atoms with Crippen LogP contribution in [0.1, 0.15) is 30.3 Å². The molecule has 0 bridgehead atoms. The maximum absolute atomic E-state index is 5.87. The van der Waals surface area contributed by atoms with Gasteiger partial charge in [0.05, 0.1) is 10.9 Å². The highest BCUT2D eigenvalue weighted by atomic mass is 32.2. The van der Waals surface area contributed by atoms with Gasteiger partial charge in [0, 0.05) is 6.20 Å². The number of pyridine rings is 1. The first-order valence-corrected chi connectivity index (χ1v) is 6.62. The van der Waals surface area contributed by atoms with Crippen molar-refractivity contribution in [2.75, 3.05) is 11.5 Å². The van der Waals surface area contributed by atoms with Crippen LogP contribution in [0.5, 0.6) is 0 Å². The lowest BCUT2D eigenvalue weighted by Crippen LogP contribution is -2.06. The van der Waals surface area contributed by atoms with Crippen molar-refractivity contribution in [2.45, 2.75) is 24.5 Å². The molecule has 1 aliphatic rings. The van der Waals surface area contributed by atoms with Crippen molar-refractivity contribution in [1.82, 2.24) is 14.6 Å². The zero-order chi connectivity index (χ0) is 11.0. The van der Waals surface area contributed by atoms with Crippen molar-refractivity contribution in [3.8, 4) is 0 Å². The largest absolute Gasteiger partial charge is 0.396 e. The van der Waals surface area contributed by atoms with Crippen molar-refractivity contribution in [3.63, 3.8) is 0 Å². The fourth-order valence-corrected chi connectivity index (χ4v) is 3.42. The molecule has 5 heteroatoms. The second-order valence-electron chi connectivity index (χ2n) is 4.07. The molecule has 84 valence electrons. The molecule has 2 aromatic heterocycles. The highest BCUT2D eigenvalue weighted by Gasteiger charge is 2.21. The second-order valence-corrected chi connectivity index (χ2v) is 5.38. The predicted molar refractivity (Wildman–Crippen MR) is 66.4 cm³/mol. The quantitative estimate of drug-likeness (QED) is 0.822. The minimum Gasteiger partial charge on any atom is -0.396 e. The van der Waals surface area contributed by atoms with Crippen molar-refractivity contribution >= 4 is 23.1 Å². The molecule has 2 aromatic rings. The molecule has 0 saturated carbocycles. The van der Waals surface area contributed by atoms with Crippen LogP contribution in [-0.2, 0) is 0 Å². The molecule has 0 spiro atoms. The van der Waals surface area contributed by atoms with Crippen LogP contribution in [0, 0.1) is 0 Å². The lowest BCUT2D eigenvalue weighted by Gasteiger charge is -2.19. The van der Waals surface area contributed by atoms with Gasteiger partial charge in [0.1, 0.15) is 0 Å². The lowest BCUT2D eigenvalue weighted by molar-refractivity contribution is 0.657. The van der Waals surface area contributed by atoms with E-state index in [1.807, 2.05) is 34.5 Å². The number of thioether (sulfide) groups is 1. The first-order chi connectivity index (χ1) is 7.86. The van der Waals surface area contributed by atoms with E-state index in [1.54, 1.807) is 0 Å². The molecule has 1 saturated heterocycles. The summed E-state index contributed by atoms with van der Waals surface area (Å²) in [6.07, 6.45) is 5.80. The minimum absolute atomic E-state index is 0.477. The van der Waals surface area contributed by atoms with Gasteiger partial charge in [-0.1, -0.05) is 6.42 Å². The van der Waals surface area contributed by atoms with Crippen LogP contribution in [0.15, 0.2) is 18.3 Å². The number of aromatic nitrogens is 3. The molecule has 0 amide bonds. The van der Waals surface area contributed by atoms with E-state index in [9.17, 15) is 0 Å². The molecule has 1 fully saturated rings. The number of nitrogens with two attached hydrogens (primary N) is 1. The van der Waals surface area contributed by atoms with Crippen LogP contribution in [0.4, 0.5) is 5.69 Å². The van der Waals surface area contributed by atoms with Gasteiger partial charge < -0.3 is 5.73 Å². The number of rotatable bonds is 1. The second kappa shape index (κ2) is 3.97. The Hall–Kier alpha value is -1.23. The Bertz CT molecular complexity index is 502. The molecule has 1 aliphatic heterocycles. The van der Waals surface area contributed by atoms with E-state index in [-0.39, 0.29) is 0 Å². The van der Waals surface area contributed by atoms with Crippen LogP contribution in [0.3, 0.4) is 0 Å². The van der Waals surface area contributed by atoms with Crippen molar-refractivity contribution in [3.05, 3.63) is 24.2 Å². The Labute approximate surface area is 98.2 Å². The molecule has 1 atom stereocenters. The molecular formula is C11H14N4S. The molecule has 0 aromatic carbocycles. The Morgan fingerprint density at radius 1 is 1.38 bits per heavy atom. The lowest BCUT2D eigenvalue weighted by atomic mass is 10.2. The number of anilines is 1. The number of hydrogen-bond acceptors (Lipinski definition) is 4. The van der Waals surface area contributed by atoms with E-state index in [1.165, 1.54) is 25.0 Å². The Morgan fingerprint density at radius 3 is 3.12 bits per heavy atom. The van der Waals surface area contributed by atoms with E-state index in [4.69, 9.17) is 5.73 Å². The van der Waals surface area contributed by atoms with Gasteiger partial charge in [0.2, 0.25) is 0 Å². The topological polar surface area (TPSA) is 56.2 Å². The van der Waals surface area contributed by atoms with Gasteiger partial charge in [-0.25, -0.2) is 0 Å². The summed E-state index contributed by atoms with van der Waals surface area (Å²) < 4.78 is 2.03. The Morgan fingerprint density at radius 2 is 2.31 bits per heavy atom. The van der Waals surface area contributed by atoms with Gasteiger partial charge >= 0.3 is 0 Å². The maximum atomic E-state index is 5.87. The van der Waals surface area contributed by atoms with E-state index < -0.39 is 0 Å². The molecule has 0 aliphatic carbocycles. The number of hydrogen-bond donors (Lipinski definition) is 1. The summed E-state index contributed by atoms with van der Waals surface area (Å²) in [5.74, 6) is 2.27. The number of fused-ring (bicyclic) bond motifs is 1. The Balaban J connectivity index is 2.06. The van der Waals surface area contributed by atoms with Gasteiger partial charge in [-0.05, 0) is 30.7 Å². The smallest absolute Gasteiger partial charge is 0.184 e. The average Bonchev–Trinajstić information content (AvgIpc) is 2.75. The summed E-state index contributed by atoms with van der Waals surface area (Å²) in [7, 11) is 0. The van der Waals surface area contributed by atoms with Crippen LogP contribution in [0.2, 0.25) is 0 Å². The van der Waals surface area contributed by atoms with E-state index >= 15 is 0 Å². The molecule has 1 unspecified atom stereocenters. The van der Waals surface area contributed by atoms with Crippen LogP contribution in [0.25, 0.3) is 5.65 Å². The van der Waals surface area contributed by atoms with Crippen LogP contribution in [-0.4, -0.2) is 20.4 Å². The van der Waals surface area contributed by atoms with Crippen molar-refractivity contribution in [1.29, 1.82) is 0 Å². The normalized spacial score (nSPS) is 21.4. The summed E-state index contributed by atoms with van der Waals surface area (Å²) in [5, 5.41) is 8.94. The number of nitrogen functional groups attached to an aromatic ring is 1. The standard InChI is InChI=1S/C11H14N4S/c12-8-4-3-6-15-10(8)13-14-11(15)9-5-1-2-7-16-9/h3-4,6,9H,1-2,5,7,12H2. The molecule has 3 rings (SSSR count). The van der Waals surface area contributed by atoms with Crippen molar-refractivity contribution < 1.29 is 0 Å². The molecule has 16 heavy (non-hydrogen) atoms. The summed E-state index contributed by atoms with van der Waals surface area (Å²) in [6.45, 7) is 0. The summed E-state index contributed by atoms with van der Waals surface area (Å²) in [4.78, 5) is 0. The van der Waals surface area contributed by atoms with Gasteiger partial charge in [-0.15, -0.1) is 10.2 Å². The van der Waals surface area contributed by atoms with Gasteiger partial charge in [0.25, 0.3) is 0 Å². The zero-order valence-corrected chi connectivity index (χ0v) is 9.78. The third-order valence-corrected chi connectivity index (χ3v) is 4.33. The monoisotopic (exact) mass is 234 g/mol. The summed E-state index contributed by atoms with van der Waals surface area (Å²) >= 11 is 1.98. The highest BCUT2D eigenvalue weighted by molar-refractivity contribution is 7.99. The minimum atomic E-state index is 0.477. The average molecular weight is 234 g/mol. The third-order valence-electron chi connectivity index (χ3n) is 2.96. The molecule has 2 N–H and O–H groups in total. The highest BCUT2D eigenvalue weighted by Crippen LogP contribution is 2.37. The van der Waals surface area contributed by atoms with Crippen LogP contribution < -0.4 is 5.73 Å². The fraction of sp³-hybridized carbons (Fsp3) is 0.455. The SMILES string of the molecule is Nc1cccn2c(C3CCCCS3)nnc12. The predicted octanol–water partition coefficient (Wildman–Crippen LogP) is 2.27. The molecule has 3 heterocycles. The van der Waals surface area contributed by atoms with E-state index in [0.717, 1.165) is 11.5 Å². The molecule has 0 radical (unpaired) electrons. The molecule has 4 nitrogen and oxygen atoms in total. The Kier molecular flexibility index (Phi) is 2.47. The van der Waals surface area contributed by atoms with Crippen molar-refractivity contribution in [2.24, 2.45) is 0 Å². The maximum Gasteiger partial charge on any atom is 0.184 e. The first kappa shape index (κ1) is 9.96. The molecular weight excluding hydrogens is 220 g/mol. The summed E-state index contributed by atoms with van der Waals surface area (Å²) in [6, 6.07) is 3.81. The van der Waals surface area contributed by atoms with Gasteiger partial charge in [-0.3, -0.25) is 4.40 Å². The summed E-state index contributed by atoms with van der Waals surface area (Å²) in [5.41, 5.74) is 7.35. The van der Waals surface area contributed by atoms with E-state index in [2.05, 4.69) is 10.2 Å². The van der Waals surface area contributed by atoms with E-state index in [0.29, 0.717) is 10.9 Å². The third kappa shape index (κ3) is 1.55. The van der Waals surface area contributed by atoms with Gasteiger partial charge in [-0.2, -0.15) is 11.8 Å².